The highest BCUT2D eigenvalue weighted by Crippen LogP contribution is 2.14. The summed E-state index contributed by atoms with van der Waals surface area (Å²) in [6.45, 7) is 2.37. The SMILES string of the molecule is C[C@@H](O)c1ccc(N(C)CCC#N)nc1. The van der Waals surface area contributed by atoms with Crippen LogP contribution in [0, 0.1) is 11.3 Å². The summed E-state index contributed by atoms with van der Waals surface area (Å²) in [5.74, 6) is 0.814. The number of nitrogens with zero attached hydrogens (tertiary/aromatic N) is 3. The minimum absolute atomic E-state index is 0.482. The van der Waals surface area contributed by atoms with Crippen molar-refractivity contribution < 1.29 is 5.11 Å². The predicted molar refractivity (Wildman–Crippen MR) is 58.4 cm³/mol. The average molecular weight is 205 g/mol. The first-order chi connectivity index (χ1) is 7.15. The normalized spacial score (nSPS) is 11.9. The van der Waals surface area contributed by atoms with Crippen LogP contribution in [0.1, 0.15) is 25.0 Å². The van der Waals surface area contributed by atoms with E-state index in [4.69, 9.17) is 5.26 Å². The van der Waals surface area contributed by atoms with Gasteiger partial charge in [-0.15, -0.1) is 0 Å². The lowest BCUT2D eigenvalue weighted by Crippen LogP contribution is -2.19. The van der Waals surface area contributed by atoms with Gasteiger partial charge in [0.05, 0.1) is 18.6 Å². The molecule has 0 aliphatic rings. The highest BCUT2D eigenvalue weighted by molar-refractivity contribution is 5.38. The monoisotopic (exact) mass is 205 g/mol. The van der Waals surface area contributed by atoms with Crippen molar-refractivity contribution in [2.24, 2.45) is 0 Å². The molecule has 0 aliphatic heterocycles. The molecule has 0 aliphatic carbocycles. The van der Waals surface area contributed by atoms with Crippen LogP contribution in [0.15, 0.2) is 18.3 Å². The number of aliphatic hydroxyl groups excluding tert-OH is 1. The van der Waals surface area contributed by atoms with E-state index in [9.17, 15) is 5.11 Å². The van der Waals surface area contributed by atoms with Crippen LogP contribution in [-0.2, 0) is 0 Å². The number of aliphatic hydroxyl groups is 1. The summed E-state index contributed by atoms with van der Waals surface area (Å²) in [6, 6.07) is 5.78. The van der Waals surface area contributed by atoms with Crippen LogP contribution in [0.5, 0.6) is 0 Å². The molecular formula is C11H15N3O. The third-order valence-corrected chi connectivity index (χ3v) is 2.20. The Morgan fingerprint density at radius 3 is 2.80 bits per heavy atom. The molecule has 0 fully saturated rings. The van der Waals surface area contributed by atoms with Crippen LogP contribution >= 0.6 is 0 Å². The second-order valence-corrected chi connectivity index (χ2v) is 3.46. The van der Waals surface area contributed by atoms with Gasteiger partial charge in [0.2, 0.25) is 0 Å². The molecule has 0 unspecified atom stereocenters. The van der Waals surface area contributed by atoms with E-state index < -0.39 is 6.10 Å². The molecular weight excluding hydrogens is 190 g/mol. The molecule has 1 N–H and O–H groups in total. The van der Waals surface area contributed by atoms with Gasteiger partial charge in [-0.05, 0) is 18.6 Å². The first kappa shape index (κ1) is 11.5. The Morgan fingerprint density at radius 2 is 2.33 bits per heavy atom. The molecule has 1 heterocycles. The van der Waals surface area contributed by atoms with Gasteiger partial charge in [-0.2, -0.15) is 5.26 Å². The molecule has 1 rings (SSSR count). The number of rotatable bonds is 4. The summed E-state index contributed by atoms with van der Waals surface area (Å²) in [7, 11) is 1.89. The number of nitriles is 1. The van der Waals surface area contributed by atoms with Crippen LogP contribution < -0.4 is 4.90 Å². The molecule has 4 heteroatoms. The van der Waals surface area contributed by atoms with E-state index in [0.717, 1.165) is 11.4 Å². The van der Waals surface area contributed by atoms with Gasteiger partial charge < -0.3 is 10.0 Å². The smallest absolute Gasteiger partial charge is 0.128 e. The van der Waals surface area contributed by atoms with Crippen molar-refractivity contribution in [2.75, 3.05) is 18.5 Å². The van der Waals surface area contributed by atoms with E-state index in [1.807, 2.05) is 24.1 Å². The van der Waals surface area contributed by atoms with Gasteiger partial charge in [0.25, 0.3) is 0 Å². The largest absolute Gasteiger partial charge is 0.389 e. The molecule has 0 saturated heterocycles. The maximum Gasteiger partial charge on any atom is 0.128 e. The summed E-state index contributed by atoms with van der Waals surface area (Å²) in [5.41, 5.74) is 0.799. The van der Waals surface area contributed by atoms with Gasteiger partial charge in [-0.25, -0.2) is 4.98 Å². The first-order valence-electron chi connectivity index (χ1n) is 4.87. The number of hydrogen-bond acceptors (Lipinski definition) is 4. The number of hydrogen-bond donors (Lipinski definition) is 1. The van der Waals surface area contributed by atoms with Crippen molar-refractivity contribution in [1.29, 1.82) is 5.26 Å². The fraction of sp³-hybridized carbons (Fsp3) is 0.455. The minimum Gasteiger partial charge on any atom is -0.389 e. The molecule has 0 amide bonds. The molecule has 0 spiro atoms. The fourth-order valence-electron chi connectivity index (χ4n) is 1.20. The Hall–Kier alpha value is -1.60. The van der Waals surface area contributed by atoms with E-state index in [0.29, 0.717) is 13.0 Å². The summed E-state index contributed by atoms with van der Waals surface area (Å²) in [4.78, 5) is 6.12. The molecule has 0 radical (unpaired) electrons. The second-order valence-electron chi connectivity index (χ2n) is 3.46. The molecule has 1 aromatic heterocycles. The van der Waals surface area contributed by atoms with Crippen molar-refractivity contribution in [3.8, 4) is 6.07 Å². The van der Waals surface area contributed by atoms with Crippen molar-refractivity contribution in [2.45, 2.75) is 19.4 Å². The van der Waals surface area contributed by atoms with Crippen LogP contribution in [0.4, 0.5) is 5.82 Å². The van der Waals surface area contributed by atoms with Crippen LogP contribution in [0.2, 0.25) is 0 Å². The zero-order chi connectivity index (χ0) is 11.3. The Balaban J connectivity index is 2.67. The fourth-order valence-corrected chi connectivity index (χ4v) is 1.20. The van der Waals surface area contributed by atoms with Gasteiger partial charge in [-0.3, -0.25) is 0 Å². The molecule has 80 valence electrons. The minimum atomic E-state index is -0.490. The second kappa shape index (κ2) is 5.32. The summed E-state index contributed by atoms with van der Waals surface area (Å²) in [5, 5.41) is 17.7. The molecule has 4 nitrogen and oxygen atoms in total. The van der Waals surface area contributed by atoms with E-state index in [1.165, 1.54) is 0 Å². The first-order valence-corrected chi connectivity index (χ1v) is 4.87. The quantitative estimate of drug-likeness (QED) is 0.808. The standard InChI is InChI=1S/C11H15N3O/c1-9(15)10-4-5-11(13-8-10)14(2)7-3-6-12/h4-5,8-9,15H,3,7H2,1-2H3/t9-/m1/s1. The van der Waals surface area contributed by atoms with E-state index in [2.05, 4.69) is 11.1 Å². The highest BCUT2D eigenvalue weighted by atomic mass is 16.3. The lowest BCUT2D eigenvalue weighted by Gasteiger charge is -2.16. The topological polar surface area (TPSA) is 60.1 Å². The number of pyridine rings is 1. The highest BCUT2D eigenvalue weighted by Gasteiger charge is 2.04. The third kappa shape index (κ3) is 3.22. The number of anilines is 1. The van der Waals surface area contributed by atoms with E-state index in [-0.39, 0.29) is 0 Å². The molecule has 1 aromatic rings. The summed E-state index contributed by atoms with van der Waals surface area (Å²) in [6.07, 6.45) is 1.65. The molecule has 0 bridgehead atoms. The Morgan fingerprint density at radius 1 is 1.60 bits per heavy atom. The lowest BCUT2D eigenvalue weighted by molar-refractivity contribution is 0.199. The van der Waals surface area contributed by atoms with Crippen molar-refractivity contribution >= 4 is 5.82 Å². The van der Waals surface area contributed by atoms with E-state index in [1.54, 1.807) is 13.1 Å². The zero-order valence-corrected chi connectivity index (χ0v) is 9.01. The molecule has 0 aromatic carbocycles. The van der Waals surface area contributed by atoms with Crippen molar-refractivity contribution in [3.05, 3.63) is 23.9 Å². The van der Waals surface area contributed by atoms with Gasteiger partial charge in [0.15, 0.2) is 0 Å². The van der Waals surface area contributed by atoms with Crippen LogP contribution in [-0.4, -0.2) is 23.7 Å². The predicted octanol–water partition coefficient (Wildman–Crippen LogP) is 1.48. The Kier molecular flexibility index (Phi) is 4.07. The maximum absolute atomic E-state index is 9.30. The summed E-state index contributed by atoms with van der Waals surface area (Å²) >= 11 is 0. The molecule has 0 saturated carbocycles. The average Bonchev–Trinajstić information content (AvgIpc) is 2.26. The lowest BCUT2D eigenvalue weighted by atomic mass is 10.2. The van der Waals surface area contributed by atoms with Gasteiger partial charge >= 0.3 is 0 Å². The number of aromatic nitrogens is 1. The molecule has 15 heavy (non-hydrogen) atoms. The van der Waals surface area contributed by atoms with Gasteiger partial charge in [-0.1, -0.05) is 6.07 Å². The van der Waals surface area contributed by atoms with Gasteiger partial charge in [0, 0.05) is 19.8 Å². The molecule has 1 atom stereocenters. The van der Waals surface area contributed by atoms with Crippen molar-refractivity contribution in [1.82, 2.24) is 4.98 Å². The van der Waals surface area contributed by atoms with Crippen LogP contribution in [0.25, 0.3) is 0 Å². The van der Waals surface area contributed by atoms with Crippen LogP contribution in [0.3, 0.4) is 0 Å². The Labute approximate surface area is 89.8 Å². The van der Waals surface area contributed by atoms with Crippen molar-refractivity contribution in [3.63, 3.8) is 0 Å². The zero-order valence-electron chi connectivity index (χ0n) is 9.01. The summed E-state index contributed by atoms with van der Waals surface area (Å²) < 4.78 is 0. The Bertz CT molecular complexity index is 340. The third-order valence-electron chi connectivity index (χ3n) is 2.20. The maximum atomic E-state index is 9.30. The van der Waals surface area contributed by atoms with Gasteiger partial charge in [0.1, 0.15) is 5.82 Å². The van der Waals surface area contributed by atoms with E-state index >= 15 is 0 Å².